The molecule has 1 saturated carbocycles. The minimum Gasteiger partial charge on any atom is -0.374 e. The van der Waals surface area contributed by atoms with Crippen LogP contribution in [0.2, 0.25) is 0 Å². The Labute approximate surface area is 135 Å². The van der Waals surface area contributed by atoms with Gasteiger partial charge in [0.2, 0.25) is 0 Å². The van der Waals surface area contributed by atoms with Crippen molar-refractivity contribution in [2.75, 3.05) is 39.8 Å². The van der Waals surface area contributed by atoms with Crippen molar-refractivity contribution in [2.24, 2.45) is 5.92 Å². The minimum absolute atomic E-state index is 0.0183. The van der Waals surface area contributed by atoms with E-state index in [1.807, 2.05) is 10.3 Å². The zero-order valence-electron chi connectivity index (χ0n) is 12.8. The SMILES string of the molecule is CN1CCO[C@@H](CN(CC2CC2)C(=O)c2sccc2C#N)C1. The average molecular weight is 319 g/mol. The fraction of sp³-hybridized carbons (Fsp3) is 0.625. The molecule has 22 heavy (non-hydrogen) atoms. The highest BCUT2D eigenvalue weighted by atomic mass is 32.1. The highest BCUT2D eigenvalue weighted by Crippen LogP contribution is 2.31. The zero-order valence-corrected chi connectivity index (χ0v) is 13.6. The number of likely N-dealkylation sites (N-methyl/N-ethyl adjacent to an activating group) is 1. The van der Waals surface area contributed by atoms with Gasteiger partial charge in [-0.3, -0.25) is 4.79 Å². The normalized spacial score (nSPS) is 22.3. The first-order valence-corrected chi connectivity index (χ1v) is 8.62. The van der Waals surface area contributed by atoms with Gasteiger partial charge in [-0.05, 0) is 37.3 Å². The molecule has 2 fully saturated rings. The van der Waals surface area contributed by atoms with E-state index in [-0.39, 0.29) is 12.0 Å². The van der Waals surface area contributed by atoms with Gasteiger partial charge >= 0.3 is 0 Å². The molecule has 3 rings (SSSR count). The van der Waals surface area contributed by atoms with Gasteiger partial charge in [-0.1, -0.05) is 0 Å². The van der Waals surface area contributed by atoms with Crippen LogP contribution in [-0.2, 0) is 4.74 Å². The predicted octanol–water partition coefficient (Wildman–Crippen LogP) is 1.80. The first kappa shape index (κ1) is 15.5. The molecule has 0 bridgehead atoms. The van der Waals surface area contributed by atoms with Crippen molar-refractivity contribution in [1.82, 2.24) is 9.80 Å². The van der Waals surface area contributed by atoms with E-state index in [9.17, 15) is 4.79 Å². The lowest BCUT2D eigenvalue weighted by Gasteiger charge is -2.34. The number of ether oxygens (including phenoxy) is 1. The van der Waals surface area contributed by atoms with Gasteiger partial charge in [0.05, 0.1) is 18.3 Å². The van der Waals surface area contributed by atoms with E-state index in [4.69, 9.17) is 10.00 Å². The van der Waals surface area contributed by atoms with Crippen molar-refractivity contribution >= 4 is 17.2 Å². The number of nitriles is 1. The Morgan fingerprint density at radius 2 is 2.36 bits per heavy atom. The first-order valence-electron chi connectivity index (χ1n) is 7.74. The monoisotopic (exact) mass is 319 g/mol. The van der Waals surface area contributed by atoms with Crippen molar-refractivity contribution in [1.29, 1.82) is 5.26 Å². The Hall–Kier alpha value is -1.42. The molecule has 0 radical (unpaired) electrons. The Balaban J connectivity index is 1.71. The zero-order chi connectivity index (χ0) is 15.5. The van der Waals surface area contributed by atoms with Gasteiger partial charge in [-0.2, -0.15) is 5.26 Å². The quantitative estimate of drug-likeness (QED) is 0.830. The number of amides is 1. The number of hydrogen-bond acceptors (Lipinski definition) is 5. The highest BCUT2D eigenvalue weighted by molar-refractivity contribution is 7.12. The van der Waals surface area contributed by atoms with Crippen molar-refractivity contribution in [2.45, 2.75) is 18.9 Å². The number of morpholine rings is 1. The summed E-state index contributed by atoms with van der Waals surface area (Å²) in [5.74, 6) is 0.603. The maximum absolute atomic E-state index is 12.8. The lowest BCUT2D eigenvalue weighted by atomic mass is 10.2. The lowest BCUT2D eigenvalue weighted by Crippen LogP contribution is -2.48. The summed E-state index contributed by atoms with van der Waals surface area (Å²) in [5, 5.41) is 11.0. The Morgan fingerprint density at radius 3 is 3.05 bits per heavy atom. The average Bonchev–Trinajstić information content (AvgIpc) is 3.19. The summed E-state index contributed by atoms with van der Waals surface area (Å²) in [6.07, 6.45) is 2.46. The summed E-state index contributed by atoms with van der Waals surface area (Å²) in [7, 11) is 2.08. The highest BCUT2D eigenvalue weighted by Gasteiger charge is 2.31. The van der Waals surface area contributed by atoms with Crippen LogP contribution in [-0.4, -0.2) is 61.6 Å². The summed E-state index contributed by atoms with van der Waals surface area (Å²) in [5.41, 5.74) is 0.484. The predicted molar refractivity (Wildman–Crippen MR) is 84.9 cm³/mol. The number of thiophene rings is 1. The van der Waals surface area contributed by atoms with Crippen LogP contribution >= 0.6 is 11.3 Å². The number of carbonyl (C=O) groups is 1. The molecule has 118 valence electrons. The molecular weight excluding hydrogens is 298 g/mol. The van der Waals surface area contributed by atoms with E-state index in [2.05, 4.69) is 18.0 Å². The third-order valence-electron chi connectivity index (χ3n) is 4.21. The molecule has 1 aliphatic heterocycles. The molecule has 6 heteroatoms. The molecule has 2 aliphatic rings. The number of nitrogens with zero attached hydrogens (tertiary/aromatic N) is 3. The molecule has 1 aromatic rings. The van der Waals surface area contributed by atoms with Crippen molar-refractivity contribution in [3.05, 3.63) is 21.9 Å². The fourth-order valence-corrected chi connectivity index (χ4v) is 3.59. The standard InChI is InChI=1S/C16H21N3O2S/c1-18-5-6-21-14(10-18)11-19(9-12-2-3-12)16(20)15-13(8-17)4-7-22-15/h4,7,12,14H,2-3,5-6,9-11H2,1H3/t14-/m1/s1. The van der Waals surface area contributed by atoms with E-state index < -0.39 is 0 Å². The van der Waals surface area contributed by atoms with Crippen LogP contribution in [0.1, 0.15) is 28.1 Å². The van der Waals surface area contributed by atoms with Crippen molar-refractivity contribution in [3.8, 4) is 6.07 Å². The van der Waals surface area contributed by atoms with Gasteiger partial charge in [0.1, 0.15) is 10.9 Å². The summed E-state index contributed by atoms with van der Waals surface area (Å²) in [6.45, 7) is 3.91. The van der Waals surface area contributed by atoms with Crippen LogP contribution in [0, 0.1) is 17.2 Å². The van der Waals surface area contributed by atoms with Crippen LogP contribution in [0.4, 0.5) is 0 Å². The van der Waals surface area contributed by atoms with E-state index in [1.54, 1.807) is 6.07 Å². The van der Waals surface area contributed by atoms with E-state index in [1.165, 1.54) is 24.2 Å². The van der Waals surface area contributed by atoms with E-state index in [0.717, 1.165) is 26.2 Å². The maximum Gasteiger partial charge on any atom is 0.265 e. The topological polar surface area (TPSA) is 56.6 Å². The second-order valence-electron chi connectivity index (χ2n) is 6.18. The number of rotatable bonds is 5. The van der Waals surface area contributed by atoms with Gasteiger partial charge < -0.3 is 14.5 Å². The summed E-state index contributed by atoms with van der Waals surface area (Å²) < 4.78 is 5.81. The molecule has 1 saturated heterocycles. The molecular formula is C16H21N3O2S. The molecule has 1 aromatic heterocycles. The van der Waals surface area contributed by atoms with Gasteiger partial charge in [0, 0.05) is 26.2 Å². The maximum atomic E-state index is 12.8. The summed E-state index contributed by atoms with van der Waals surface area (Å²) >= 11 is 1.36. The Morgan fingerprint density at radius 1 is 1.55 bits per heavy atom. The second-order valence-corrected chi connectivity index (χ2v) is 7.10. The molecule has 1 aliphatic carbocycles. The molecule has 2 heterocycles. The van der Waals surface area contributed by atoms with Crippen LogP contribution in [0.25, 0.3) is 0 Å². The molecule has 1 atom stereocenters. The van der Waals surface area contributed by atoms with Gasteiger partial charge in [0.15, 0.2) is 0 Å². The molecule has 0 spiro atoms. The van der Waals surface area contributed by atoms with Crippen LogP contribution in [0.5, 0.6) is 0 Å². The van der Waals surface area contributed by atoms with Crippen molar-refractivity contribution in [3.63, 3.8) is 0 Å². The summed E-state index contributed by atoms with van der Waals surface area (Å²) in [6, 6.07) is 3.83. The molecule has 1 amide bonds. The van der Waals surface area contributed by atoms with Gasteiger partial charge in [-0.25, -0.2) is 0 Å². The lowest BCUT2D eigenvalue weighted by molar-refractivity contribution is -0.0330. The number of hydrogen-bond donors (Lipinski definition) is 0. The summed E-state index contributed by atoms with van der Waals surface area (Å²) in [4.78, 5) is 17.5. The Bertz CT molecular complexity index is 576. The van der Waals surface area contributed by atoms with Crippen LogP contribution < -0.4 is 0 Å². The van der Waals surface area contributed by atoms with Crippen LogP contribution in [0.3, 0.4) is 0 Å². The molecule has 0 aromatic carbocycles. The second kappa shape index (κ2) is 6.78. The van der Waals surface area contributed by atoms with Gasteiger partial charge in [0.25, 0.3) is 5.91 Å². The van der Waals surface area contributed by atoms with Gasteiger partial charge in [-0.15, -0.1) is 11.3 Å². The number of carbonyl (C=O) groups excluding carboxylic acids is 1. The third kappa shape index (κ3) is 3.67. The molecule has 5 nitrogen and oxygen atoms in total. The van der Waals surface area contributed by atoms with Crippen molar-refractivity contribution < 1.29 is 9.53 Å². The van der Waals surface area contributed by atoms with E-state index in [0.29, 0.717) is 22.9 Å². The first-order chi connectivity index (χ1) is 10.7. The fourth-order valence-electron chi connectivity index (χ4n) is 2.78. The minimum atomic E-state index is -0.0183. The largest absolute Gasteiger partial charge is 0.374 e. The molecule has 0 unspecified atom stereocenters. The smallest absolute Gasteiger partial charge is 0.265 e. The molecule has 0 N–H and O–H groups in total. The van der Waals surface area contributed by atoms with Crippen LogP contribution in [0.15, 0.2) is 11.4 Å². The van der Waals surface area contributed by atoms with E-state index >= 15 is 0 Å². The third-order valence-corrected chi connectivity index (χ3v) is 5.11. The Kier molecular flexibility index (Phi) is 4.77.